The van der Waals surface area contributed by atoms with Crippen LogP contribution in [0.15, 0.2) is 24.5 Å². The molecule has 1 heterocycles. The Bertz CT molecular complexity index is 670. The lowest BCUT2D eigenvalue weighted by molar-refractivity contribution is -0.394. The highest BCUT2D eigenvalue weighted by Gasteiger charge is 2.15. The average molecular weight is 296 g/mol. The lowest BCUT2D eigenvalue weighted by Gasteiger charge is -2.08. The van der Waals surface area contributed by atoms with E-state index in [1.807, 2.05) is 0 Å². The molecule has 9 heteroatoms. The summed E-state index contributed by atoms with van der Waals surface area (Å²) in [5.74, 6) is -0.924. The highest BCUT2D eigenvalue weighted by Crippen LogP contribution is 2.22. The van der Waals surface area contributed by atoms with Gasteiger partial charge in [0.05, 0.1) is 0 Å². The first-order chi connectivity index (χ1) is 9.47. The molecule has 104 valence electrons. The van der Waals surface area contributed by atoms with Gasteiger partial charge < -0.3 is 15.4 Å². The molecule has 2 rings (SSSR count). The summed E-state index contributed by atoms with van der Waals surface area (Å²) >= 11 is 5.94. The molecule has 0 atom stereocenters. The molecule has 1 aromatic carbocycles. The van der Waals surface area contributed by atoms with Crippen molar-refractivity contribution in [2.75, 3.05) is 5.32 Å². The van der Waals surface area contributed by atoms with Crippen LogP contribution in [0.5, 0.6) is 0 Å². The fourth-order valence-corrected chi connectivity index (χ4v) is 1.70. The van der Waals surface area contributed by atoms with Gasteiger partial charge in [-0.05, 0) is 29.5 Å². The van der Waals surface area contributed by atoms with Gasteiger partial charge in [0, 0.05) is 15.8 Å². The number of anilines is 1. The Hall–Kier alpha value is -2.48. The quantitative estimate of drug-likeness (QED) is 0.684. The molecule has 1 aromatic heterocycles. The maximum atomic E-state index is 11.8. The van der Waals surface area contributed by atoms with Gasteiger partial charge in [0.2, 0.25) is 12.2 Å². The van der Waals surface area contributed by atoms with Gasteiger partial charge in [0.25, 0.3) is 0 Å². The number of amides is 1. The number of hydrogen-bond acceptors (Lipinski definition) is 5. The summed E-state index contributed by atoms with van der Waals surface area (Å²) in [4.78, 5) is 25.0. The third kappa shape index (κ3) is 3.09. The van der Waals surface area contributed by atoms with E-state index < -0.39 is 10.9 Å². The Kier molecular flexibility index (Phi) is 3.94. The lowest BCUT2D eigenvalue weighted by atomic mass is 10.2. The minimum Gasteiger partial charge on any atom is -0.390 e. The SMILES string of the molecule is Cc1c(Cl)cccc1NC(=O)Cn1cnc([N+](=O)[O-])n1. The Labute approximate surface area is 118 Å². The molecule has 1 N–H and O–H groups in total. The molecule has 1 amide bonds. The molecule has 0 radical (unpaired) electrons. The molecule has 0 bridgehead atoms. The van der Waals surface area contributed by atoms with Gasteiger partial charge in [-0.25, -0.2) is 0 Å². The first-order valence-electron chi connectivity index (χ1n) is 5.56. The van der Waals surface area contributed by atoms with Crippen molar-refractivity contribution in [3.63, 3.8) is 0 Å². The monoisotopic (exact) mass is 295 g/mol. The smallest absolute Gasteiger partial charge is 0.390 e. The van der Waals surface area contributed by atoms with Gasteiger partial charge in [-0.2, -0.15) is 4.68 Å². The zero-order valence-electron chi connectivity index (χ0n) is 10.4. The van der Waals surface area contributed by atoms with Gasteiger partial charge in [0.1, 0.15) is 6.54 Å². The fourth-order valence-electron chi connectivity index (χ4n) is 1.52. The topological polar surface area (TPSA) is 103 Å². The van der Waals surface area contributed by atoms with Crippen LogP contribution < -0.4 is 5.32 Å². The van der Waals surface area contributed by atoms with E-state index >= 15 is 0 Å². The van der Waals surface area contributed by atoms with Crippen LogP contribution in [0.2, 0.25) is 5.02 Å². The minimum absolute atomic E-state index is 0.174. The third-order valence-electron chi connectivity index (χ3n) is 2.54. The number of aromatic nitrogens is 3. The van der Waals surface area contributed by atoms with Crippen molar-refractivity contribution in [2.24, 2.45) is 0 Å². The van der Waals surface area contributed by atoms with E-state index in [1.165, 1.54) is 0 Å². The third-order valence-corrected chi connectivity index (χ3v) is 2.94. The maximum Gasteiger partial charge on any atom is 0.490 e. The molecule has 0 spiro atoms. The van der Waals surface area contributed by atoms with E-state index in [4.69, 9.17) is 11.6 Å². The molecular formula is C11H10ClN5O3. The first kappa shape index (κ1) is 13.9. The van der Waals surface area contributed by atoms with Gasteiger partial charge in [-0.3, -0.25) is 4.79 Å². The largest absolute Gasteiger partial charge is 0.490 e. The summed E-state index contributed by atoms with van der Waals surface area (Å²) in [5, 5.41) is 17.2. The van der Waals surface area contributed by atoms with Gasteiger partial charge in [-0.1, -0.05) is 22.7 Å². The molecule has 0 saturated heterocycles. The number of nitro groups is 1. The van der Waals surface area contributed by atoms with Crippen LogP contribution >= 0.6 is 11.6 Å². The van der Waals surface area contributed by atoms with E-state index in [2.05, 4.69) is 15.4 Å². The van der Waals surface area contributed by atoms with E-state index in [9.17, 15) is 14.9 Å². The maximum absolute atomic E-state index is 11.8. The number of carbonyl (C=O) groups is 1. The second kappa shape index (κ2) is 5.66. The van der Waals surface area contributed by atoms with E-state index in [0.717, 1.165) is 16.6 Å². The molecule has 0 saturated carbocycles. The van der Waals surface area contributed by atoms with Crippen molar-refractivity contribution < 1.29 is 9.72 Å². The van der Waals surface area contributed by atoms with Crippen LogP contribution in [0, 0.1) is 17.0 Å². The number of nitrogens with one attached hydrogen (secondary N) is 1. The summed E-state index contributed by atoms with van der Waals surface area (Å²) in [6, 6.07) is 5.14. The highest BCUT2D eigenvalue weighted by atomic mass is 35.5. The number of halogens is 1. The van der Waals surface area contributed by atoms with Crippen LogP contribution in [-0.2, 0) is 11.3 Å². The number of nitrogens with zero attached hydrogens (tertiary/aromatic N) is 4. The molecule has 0 unspecified atom stereocenters. The van der Waals surface area contributed by atoms with Crippen molar-refractivity contribution >= 4 is 29.1 Å². The van der Waals surface area contributed by atoms with Crippen molar-refractivity contribution in [3.05, 3.63) is 45.2 Å². The summed E-state index contributed by atoms with van der Waals surface area (Å²) in [6.07, 6.45) is 1.13. The Morgan fingerprint density at radius 2 is 2.30 bits per heavy atom. The van der Waals surface area contributed by atoms with Gasteiger partial charge in [-0.15, -0.1) is 0 Å². The summed E-state index contributed by atoms with van der Waals surface area (Å²) < 4.78 is 1.09. The molecule has 0 aliphatic carbocycles. The number of rotatable bonds is 4. The minimum atomic E-state index is -0.727. The molecule has 0 aliphatic heterocycles. The summed E-state index contributed by atoms with van der Waals surface area (Å²) in [7, 11) is 0. The predicted octanol–water partition coefficient (Wildman–Crippen LogP) is 1.79. The fraction of sp³-hybridized carbons (Fsp3) is 0.182. The second-order valence-corrected chi connectivity index (χ2v) is 4.37. The van der Waals surface area contributed by atoms with Crippen molar-refractivity contribution in [1.29, 1.82) is 0 Å². The number of carbonyl (C=O) groups excluding carboxylic acids is 1. The molecule has 0 fully saturated rings. The van der Waals surface area contributed by atoms with Crippen molar-refractivity contribution in [2.45, 2.75) is 13.5 Å². The van der Waals surface area contributed by atoms with Crippen molar-refractivity contribution in [3.8, 4) is 0 Å². The van der Waals surface area contributed by atoms with Gasteiger partial charge in [0.15, 0.2) is 0 Å². The standard InChI is InChI=1S/C11H10ClN5O3/c1-7-8(12)3-2-4-9(7)14-10(18)5-16-6-13-11(15-16)17(19)20/h2-4,6H,5H2,1H3,(H,14,18). The van der Waals surface area contributed by atoms with Crippen LogP contribution in [-0.4, -0.2) is 25.6 Å². The average Bonchev–Trinajstić information content (AvgIpc) is 2.83. The van der Waals surface area contributed by atoms with Crippen LogP contribution in [0.3, 0.4) is 0 Å². The highest BCUT2D eigenvalue weighted by molar-refractivity contribution is 6.31. The van der Waals surface area contributed by atoms with E-state index in [0.29, 0.717) is 10.7 Å². The zero-order valence-corrected chi connectivity index (χ0v) is 11.2. The second-order valence-electron chi connectivity index (χ2n) is 3.96. The van der Waals surface area contributed by atoms with Crippen LogP contribution in [0.4, 0.5) is 11.6 Å². The van der Waals surface area contributed by atoms with E-state index in [1.54, 1.807) is 25.1 Å². The summed E-state index contributed by atoms with van der Waals surface area (Å²) in [5.41, 5.74) is 1.32. The van der Waals surface area contributed by atoms with Crippen molar-refractivity contribution in [1.82, 2.24) is 14.8 Å². The van der Waals surface area contributed by atoms with Crippen LogP contribution in [0.25, 0.3) is 0 Å². The normalized spacial score (nSPS) is 10.3. The Morgan fingerprint density at radius 1 is 1.55 bits per heavy atom. The zero-order chi connectivity index (χ0) is 14.7. The Morgan fingerprint density at radius 3 is 2.95 bits per heavy atom. The molecular weight excluding hydrogens is 286 g/mol. The van der Waals surface area contributed by atoms with E-state index in [-0.39, 0.29) is 12.5 Å². The lowest BCUT2D eigenvalue weighted by Crippen LogP contribution is -2.19. The Balaban J connectivity index is 2.05. The molecule has 0 aliphatic rings. The van der Waals surface area contributed by atoms with Crippen LogP contribution in [0.1, 0.15) is 5.56 Å². The molecule has 2 aromatic rings. The number of benzene rings is 1. The number of hydrogen-bond donors (Lipinski definition) is 1. The molecule has 8 nitrogen and oxygen atoms in total. The molecule has 20 heavy (non-hydrogen) atoms. The van der Waals surface area contributed by atoms with Gasteiger partial charge >= 0.3 is 5.95 Å². The summed E-state index contributed by atoms with van der Waals surface area (Å²) in [6.45, 7) is 1.60. The first-order valence-corrected chi connectivity index (χ1v) is 5.94. The predicted molar refractivity (Wildman–Crippen MR) is 71.5 cm³/mol.